The molecule has 1 N–H and O–H groups in total. The molecule has 0 aromatic carbocycles. The van der Waals surface area contributed by atoms with E-state index in [-0.39, 0.29) is 0 Å². The van der Waals surface area contributed by atoms with Gasteiger partial charge in [-0.2, -0.15) is 0 Å². The molecule has 21 heavy (non-hydrogen) atoms. The molecular formula is C20H41N. The molecular weight excluding hydrogens is 254 g/mol. The van der Waals surface area contributed by atoms with E-state index in [2.05, 4.69) is 12.2 Å². The predicted octanol–water partition coefficient (Wildman–Crippen LogP) is 6.61. The first-order valence-corrected chi connectivity index (χ1v) is 10.2. The second-order valence-corrected chi connectivity index (χ2v) is 7.18. The molecule has 1 atom stereocenters. The molecule has 0 aliphatic carbocycles. The van der Waals surface area contributed by atoms with Crippen LogP contribution in [0.4, 0.5) is 0 Å². The van der Waals surface area contributed by atoms with Crippen LogP contribution in [0, 0.1) is 0 Å². The van der Waals surface area contributed by atoms with Crippen molar-refractivity contribution in [3.05, 3.63) is 0 Å². The van der Waals surface area contributed by atoms with Gasteiger partial charge >= 0.3 is 0 Å². The minimum Gasteiger partial charge on any atom is -0.314 e. The van der Waals surface area contributed by atoms with Crippen molar-refractivity contribution in [2.45, 2.75) is 122 Å². The second kappa shape index (κ2) is 14.9. The highest BCUT2D eigenvalue weighted by molar-refractivity contribution is 4.71. The van der Waals surface area contributed by atoms with Crippen LogP contribution < -0.4 is 5.32 Å². The number of nitrogens with one attached hydrogen (secondary N) is 1. The Kier molecular flexibility index (Phi) is 13.5. The predicted molar refractivity (Wildman–Crippen MR) is 96.0 cm³/mol. The third kappa shape index (κ3) is 12.2. The lowest BCUT2D eigenvalue weighted by atomic mass is 9.98. The minimum absolute atomic E-state index is 0.853. The van der Waals surface area contributed by atoms with Crippen molar-refractivity contribution >= 4 is 0 Å². The van der Waals surface area contributed by atoms with Crippen molar-refractivity contribution in [1.82, 2.24) is 5.32 Å². The molecule has 1 rings (SSSR count). The van der Waals surface area contributed by atoms with E-state index in [1.807, 2.05) is 0 Å². The average Bonchev–Trinajstić information content (AvgIpc) is 2.53. The first-order valence-electron chi connectivity index (χ1n) is 10.2. The Hall–Kier alpha value is -0.0400. The van der Waals surface area contributed by atoms with Crippen LogP contribution in [0.3, 0.4) is 0 Å². The van der Waals surface area contributed by atoms with Gasteiger partial charge in [0.15, 0.2) is 0 Å². The molecule has 0 amide bonds. The highest BCUT2D eigenvalue weighted by Crippen LogP contribution is 2.16. The molecule has 1 heteroatoms. The molecule has 0 aromatic heterocycles. The first-order chi connectivity index (χ1) is 10.4. The van der Waals surface area contributed by atoms with E-state index in [1.54, 1.807) is 0 Å². The summed E-state index contributed by atoms with van der Waals surface area (Å²) in [5, 5.41) is 3.66. The lowest BCUT2D eigenvalue weighted by Gasteiger charge is -2.23. The van der Waals surface area contributed by atoms with Crippen LogP contribution in [-0.4, -0.2) is 12.6 Å². The summed E-state index contributed by atoms with van der Waals surface area (Å²) < 4.78 is 0. The minimum atomic E-state index is 0.853. The molecule has 126 valence electrons. The van der Waals surface area contributed by atoms with Gasteiger partial charge in [0.25, 0.3) is 0 Å². The Labute approximate surface area is 134 Å². The summed E-state index contributed by atoms with van der Waals surface area (Å²) in [5.74, 6) is 0. The SMILES string of the molecule is CCCCCCCCCCCCCCCC1CCCCN1. The van der Waals surface area contributed by atoms with E-state index >= 15 is 0 Å². The lowest BCUT2D eigenvalue weighted by molar-refractivity contribution is 0.370. The Morgan fingerprint density at radius 2 is 1.19 bits per heavy atom. The summed E-state index contributed by atoms with van der Waals surface area (Å²) in [4.78, 5) is 0. The van der Waals surface area contributed by atoms with E-state index in [0.29, 0.717) is 0 Å². The summed E-state index contributed by atoms with van der Waals surface area (Å²) in [5.41, 5.74) is 0. The van der Waals surface area contributed by atoms with E-state index in [0.717, 1.165) is 6.04 Å². The van der Waals surface area contributed by atoms with Crippen LogP contribution in [0.25, 0.3) is 0 Å². The smallest absolute Gasteiger partial charge is 0.00670 e. The third-order valence-corrected chi connectivity index (χ3v) is 5.07. The summed E-state index contributed by atoms with van der Waals surface area (Å²) in [6.07, 6.45) is 24.8. The van der Waals surface area contributed by atoms with Crippen LogP contribution in [0.1, 0.15) is 116 Å². The molecule has 0 saturated carbocycles. The maximum absolute atomic E-state index is 3.66. The Morgan fingerprint density at radius 1 is 0.667 bits per heavy atom. The zero-order valence-electron chi connectivity index (χ0n) is 14.8. The molecule has 0 spiro atoms. The summed E-state index contributed by atoms with van der Waals surface area (Å²) in [7, 11) is 0. The van der Waals surface area contributed by atoms with Crippen molar-refractivity contribution in [2.24, 2.45) is 0 Å². The fourth-order valence-corrected chi connectivity index (χ4v) is 3.58. The Balaban J connectivity index is 1.69. The van der Waals surface area contributed by atoms with Gasteiger partial charge in [-0.05, 0) is 25.8 Å². The van der Waals surface area contributed by atoms with Crippen LogP contribution in [0.15, 0.2) is 0 Å². The van der Waals surface area contributed by atoms with Gasteiger partial charge in [0.05, 0.1) is 0 Å². The van der Waals surface area contributed by atoms with E-state index in [1.165, 1.54) is 116 Å². The third-order valence-electron chi connectivity index (χ3n) is 5.07. The zero-order chi connectivity index (χ0) is 15.0. The second-order valence-electron chi connectivity index (χ2n) is 7.18. The van der Waals surface area contributed by atoms with Crippen LogP contribution in [-0.2, 0) is 0 Å². The molecule has 1 aliphatic rings. The van der Waals surface area contributed by atoms with Gasteiger partial charge in [0, 0.05) is 6.04 Å². The van der Waals surface area contributed by atoms with Gasteiger partial charge in [0.2, 0.25) is 0 Å². The van der Waals surface area contributed by atoms with E-state index in [4.69, 9.17) is 0 Å². The summed E-state index contributed by atoms with van der Waals surface area (Å²) in [6, 6.07) is 0.853. The molecule has 0 radical (unpaired) electrons. The van der Waals surface area contributed by atoms with Crippen LogP contribution >= 0.6 is 0 Å². The highest BCUT2D eigenvalue weighted by atomic mass is 14.9. The quantitative estimate of drug-likeness (QED) is 0.355. The van der Waals surface area contributed by atoms with Crippen molar-refractivity contribution in [3.8, 4) is 0 Å². The molecule has 1 fully saturated rings. The number of unbranched alkanes of at least 4 members (excludes halogenated alkanes) is 12. The lowest BCUT2D eigenvalue weighted by Crippen LogP contribution is -2.33. The van der Waals surface area contributed by atoms with Gasteiger partial charge < -0.3 is 5.32 Å². The van der Waals surface area contributed by atoms with Gasteiger partial charge in [-0.25, -0.2) is 0 Å². The van der Waals surface area contributed by atoms with Crippen LogP contribution in [0.5, 0.6) is 0 Å². The fraction of sp³-hybridized carbons (Fsp3) is 1.00. The van der Waals surface area contributed by atoms with Crippen molar-refractivity contribution in [1.29, 1.82) is 0 Å². The van der Waals surface area contributed by atoms with Gasteiger partial charge in [-0.1, -0.05) is 96.8 Å². The number of piperidine rings is 1. The molecule has 1 heterocycles. The van der Waals surface area contributed by atoms with E-state index < -0.39 is 0 Å². The van der Waals surface area contributed by atoms with Gasteiger partial charge in [0.1, 0.15) is 0 Å². The van der Waals surface area contributed by atoms with Crippen LogP contribution in [0.2, 0.25) is 0 Å². The molecule has 1 unspecified atom stereocenters. The molecule has 1 aliphatic heterocycles. The van der Waals surface area contributed by atoms with Crippen molar-refractivity contribution in [2.75, 3.05) is 6.54 Å². The summed E-state index contributed by atoms with van der Waals surface area (Å²) in [6.45, 7) is 3.56. The molecule has 1 nitrogen and oxygen atoms in total. The van der Waals surface area contributed by atoms with Gasteiger partial charge in [-0.15, -0.1) is 0 Å². The normalized spacial score (nSPS) is 19.0. The maximum atomic E-state index is 3.66. The maximum Gasteiger partial charge on any atom is 0.00670 e. The number of hydrogen-bond acceptors (Lipinski definition) is 1. The van der Waals surface area contributed by atoms with Crippen molar-refractivity contribution in [3.63, 3.8) is 0 Å². The molecule has 0 bridgehead atoms. The topological polar surface area (TPSA) is 12.0 Å². The number of rotatable bonds is 14. The van der Waals surface area contributed by atoms with Crippen molar-refractivity contribution < 1.29 is 0 Å². The summed E-state index contributed by atoms with van der Waals surface area (Å²) >= 11 is 0. The monoisotopic (exact) mass is 295 g/mol. The number of hydrogen-bond donors (Lipinski definition) is 1. The fourth-order valence-electron chi connectivity index (χ4n) is 3.58. The Bertz CT molecular complexity index is 196. The zero-order valence-corrected chi connectivity index (χ0v) is 14.8. The molecule has 0 aromatic rings. The standard InChI is InChI=1S/C20H41N/c1-2-3-4-5-6-7-8-9-10-11-12-13-14-17-20-18-15-16-19-21-20/h20-21H,2-19H2,1H3. The Morgan fingerprint density at radius 3 is 1.67 bits per heavy atom. The van der Waals surface area contributed by atoms with Gasteiger partial charge in [-0.3, -0.25) is 0 Å². The average molecular weight is 296 g/mol. The molecule has 1 saturated heterocycles. The largest absolute Gasteiger partial charge is 0.314 e. The van der Waals surface area contributed by atoms with E-state index in [9.17, 15) is 0 Å². The highest BCUT2D eigenvalue weighted by Gasteiger charge is 2.11. The first kappa shape index (κ1) is 19.0.